The summed E-state index contributed by atoms with van der Waals surface area (Å²) in [4.78, 5) is 2.26. The lowest BCUT2D eigenvalue weighted by Crippen LogP contribution is -2.20. The lowest BCUT2D eigenvalue weighted by molar-refractivity contribution is 0.733. The van der Waals surface area contributed by atoms with E-state index in [1.807, 2.05) is 0 Å². The van der Waals surface area contributed by atoms with Crippen LogP contribution in [0.5, 0.6) is 0 Å². The molecule has 1 aromatic carbocycles. The summed E-state index contributed by atoms with van der Waals surface area (Å²) in [6.45, 7) is 6.29. The van der Waals surface area contributed by atoms with Crippen molar-refractivity contribution in [3.05, 3.63) is 29.8 Å². The molecular formula is C14H24N2. The van der Waals surface area contributed by atoms with E-state index in [2.05, 4.69) is 50.1 Å². The first-order valence-corrected chi connectivity index (χ1v) is 6.20. The van der Waals surface area contributed by atoms with Gasteiger partial charge in [-0.05, 0) is 43.0 Å². The molecule has 0 aliphatic rings. The molecule has 0 aliphatic heterocycles. The maximum absolute atomic E-state index is 5.51. The Kier molecular flexibility index (Phi) is 5.33. The quantitative estimate of drug-likeness (QED) is 0.798. The SMILES string of the molecule is CCC(C)c1ccc(N(C)CCCN)cc1. The van der Waals surface area contributed by atoms with Crippen LogP contribution in [0.2, 0.25) is 0 Å². The summed E-state index contributed by atoms with van der Waals surface area (Å²) < 4.78 is 0. The van der Waals surface area contributed by atoms with Crippen molar-refractivity contribution in [2.24, 2.45) is 5.73 Å². The van der Waals surface area contributed by atoms with Gasteiger partial charge < -0.3 is 10.6 Å². The van der Waals surface area contributed by atoms with Crippen LogP contribution in [0.25, 0.3) is 0 Å². The van der Waals surface area contributed by atoms with Gasteiger partial charge in [0.25, 0.3) is 0 Å². The Bertz CT molecular complexity index is 292. The molecule has 1 aromatic rings. The van der Waals surface area contributed by atoms with Gasteiger partial charge in [-0.3, -0.25) is 0 Å². The summed E-state index contributed by atoms with van der Waals surface area (Å²) in [5.41, 5.74) is 8.22. The second-order valence-electron chi connectivity index (χ2n) is 4.46. The summed E-state index contributed by atoms with van der Waals surface area (Å²) in [5, 5.41) is 0. The zero-order chi connectivity index (χ0) is 12.0. The maximum atomic E-state index is 5.51. The second kappa shape index (κ2) is 6.54. The Morgan fingerprint density at radius 1 is 1.25 bits per heavy atom. The molecule has 0 fully saturated rings. The van der Waals surface area contributed by atoms with E-state index in [-0.39, 0.29) is 0 Å². The highest BCUT2D eigenvalue weighted by Crippen LogP contribution is 2.21. The molecule has 0 saturated heterocycles. The summed E-state index contributed by atoms with van der Waals surface area (Å²) in [5.74, 6) is 0.656. The van der Waals surface area contributed by atoms with Crippen LogP contribution in [0.15, 0.2) is 24.3 Å². The fourth-order valence-electron chi connectivity index (χ4n) is 1.75. The minimum absolute atomic E-state index is 0.656. The molecule has 0 heterocycles. The molecule has 2 heteroatoms. The first kappa shape index (κ1) is 13.0. The molecular weight excluding hydrogens is 196 g/mol. The van der Waals surface area contributed by atoms with Crippen molar-refractivity contribution in [3.63, 3.8) is 0 Å². The molecule has 0 bridgehead atoms. The van der Waals surface area contributed by atoms with Gasteiger partial charge >= 0.3 is 0 Å². The van der Waals surface area contributed by atoms with Crippen LogP contribution >= 0.6 is 0 Å². The molecule has 0 aliphatic carbocycles. The standard InChI is InChI=1S/C14H24N2/c1-4-12(2)13-6-8-14(9-7-13)16(3)11-5-10-15/h6-9,12H,4-5,10-11,15H2,1-3H3. The van der Waals surface area contributed by atoms with E-state index in [1.165, 1.54) is 17.7 Å². The summed E-state index contributed by atoms with van der Waals surface area (Å²) in [6.07, 6.45) is 2.24. The molecule has 1 rings (SSSR count). The van der Waals surface area contributed by atoms with E-state index >= 15 is 0 Å². The number of anilines is 1. The van der Waals surface area contributed by atoms with Crippen molar-refractivity contribution in [2.45, 2.75) is 32.6 Å². The largest absolute Gasteiger partial charge is 0.375 e. The van der Waals surface area contributed by atoms with E-state index in [0.717, 1.165) is 19.5 Å². The van der Waals surface area contributed by atoms with Crippen LogP contribution in [0.1, 0.15) is 38.2 Å². The van der Waals surface area contributed by atoms with Gasteiger partial charge in [0, 0.05) is 19.3 Å². The van der Waals surface area contributed by atoms with Crippen LogP contribution in [0.3, 0.4) is 0 Å². The average Bonchev–Trinajstić information content (AvgIpc) is 2.35. The number of nitrogens with two attached hydrogens (primary N) is 1. The van der Waals surface area contributed by atoms with E-state index in [1.54, 1.807) is 0 Å². The normalized spacial score (nSPS) is 12.5. The average molecular weight is 220 g/mol. The molecule has 16 heavy (non-hydrogen) atoms. The fourth-order valence-corrected chi connectivity index (χ4v) is 1.75. The third-order valence-electron chi connectivity index (χ3n) is 3.21. The highest BCUT2D eigenvalue weighted by atomic mass is 15.1. The van der Waals surface area contributed by atoms with Crippen molar-refractivity contribution in [1.29, 1.82) is 0 Å². The summed E-state index contributed by atoms with van der Waals surface area (Å²) in [7, 11) is 2.12. The van der Waals surface area contributed by atoms with Crippen LogP contribution < -0.4 is 10.6 Å². The number of nitrogens with zero attached hydrogens (tertiary/aromatic N) is 1. The highest BCUT2D eigenvalue weighted by molar-refractivity contribution is 5.47. The Morgan fingerprint density at radius 3 is 2.38 bits per heavy atom. The van der Waals surface area contributed by atoms with Crippen LogP contribution in [0.4, 0.5) is 5.69 Å². The van der Waals surface area contributed by atoms with E-state index < -0.39 is 0 Å². The van der Waals surface area contributed by atoms with Gasteiger partial charge in [-0.15, -0.1) is 0 Å². The molecule has 90 valence electrons. The maximum Gasteiger partial charge on any atom is 0.0363 e. The Balaban J connectivity index is 2.63. The molecule has 2 N–H and O–H groups in total. The van der Waals surface area contributed by atoms with E-state index in [0.29, 0.717) is 5.92 Å². The first-order chi connectivity index (χ1) is 7.69. The molecule has 0 spiro atoms. The summed E-state index contributed by atoms with van der Waals surface area (Å²) in [6, 6.07) is 8.89. The zero-order valence-corrected chi connectivity index (χ0v) is 10.7. The third kappa shape index (κ3) is 3.53. The van der Waals surface area contributed by atoms with Crippen molar-refractivity contribution < 1.29 is 0 Å². The second-order valence-corrected chi connectivity index (χ2v) is 4.46. The number of hydrogen-bond acceptors (Lipinski definition) is 2. The minimum atomic E-state index is 0.656. The predicted molar refractivity (Wildman–Crippen MR) is 72.1 cm³/mol. The number of hydrogen-bond donors (Lipinski definition) is 1. The number of benzene rings is 1. The zero-order valence-electron chi connectivity index (χ0n) is 10.7. The minimum Gasteiger partial charge on any atom is -0.375 e. The molecule has 0 aromatic heterocycles. The Labute approximate surface area is 99.5 Å². The predicted octanol–water partition coefficient (Wildman–Crippen LogP) is 2.99. The third-order valence-corrected chi connectivity index (χ3v) is 3.21. The van der Waals surface area contributed by atoms with Crippen LogP contribution in [-0.4, -0.2) is 20.1 Å². The van der Waals surface area contributed by atoms with Crippen molar-refractivity contribution in [1.82, 2.24) is 0 Å². The van der Waals surface area contributed by atoms with Crippen molar-refractivity contribution >= 4 is 5.69 Å². The van der Waals surface area contributed by atoms with E-state index in [4.69, 9.17) is 5.73 Å². The van der Waals surface area contributed by atoms with Gasteiger partial charge in [-0.2, -0.15) is 0 Å². The Morgan fingerprint density at radius 2 is 1.88 bits per heavy atom. The lowest BCUT2D eigenvalue weighted by Gasteiger charge is -2.19. The fraction of sp³-hybridized carbons (Fsp3) is 0.571. The first-order valence-electron chi connectivity index (χ1n) is 6.20. The van der Waals surface area contributed by atoms with Gasteiger partial charge in [0.2, 0.25) is 0 Å². The highest BCUT2D eigenvalue weighted by Gasteiger charge is 2.04. The van der Waals surface area contributed by atoms with Crippen molar-refractivity contribution in [2.75, 3.05) is 25.0 Å². The molecule has 1 unspecified atom stereocenters. The van der Waals surface area contributed by atoms with Gasteiger partial charge in [0.1, 0.15) is 0 Å². The molecule has 0 amide bonds. The van der Waals surface area contributed by atoms with Crippen molar-refractivity contribution in [3.8, 4) is 0 Å². The molecule has 1 atom stereocenters. The summed E-state index contributed by atoms with van der Waals surface area (Å²) >= 11 is 0. The van der Waals surface area contributed by atoms with Gasteiger partial charge in [0.05, 0.1) is 0 Å². The Hall–Kier alpha value is -1.02. The monoisotopic (exact) mass is 220 g/mol. The van der Waals surface area contributed by atoms with Crippen LogP contribution in [0, 0.1) is 0 Å². The molecule has 0 radical (unpaired) electrons. The molecule has 2 nitrogen and oxygen atoms in total. The van der Waals surface area contributed by atoms with Gasteiger partial charge in [-0.1, -0.05) is 26.0 Å². The van der Waals surface area contributed by atoms with Gasteiger partial charge in [0.15, 0.2) is 0 Å². The molecule has 0 saturated carbocycles. The van der Waals surface area contributed by atoms with E-state index in [9.17, 15) is 0 Å². The lowest BCUT2D eigenvalue weighted by atomic mass is 9.98. The smallest absolute Gasteiger partial charge is 0.0363 e. The number of rotatable bonds is 6. The van der Waals surface area contributed by atoms with Gasteiger partial charge in [-0.25, -0.2) is 0 Å². The van der Waals surface area contributed by atoms with Crippen LogP contribution in [-0.2, 0) is 0 Å². The topological polar surface area (TPSA) is 29.3 Å².